The van der Waals surface area contributed by atoms with Crippen molar-refractivity contribution in [1.29, 1.82) is 0 Å². The van der Waals surface area contributed by atoms with E-state index >= 15 is 0 Å². The molecule has 0 aliphatic carbocycles. The lowest BCUT2D eigenvalue weighted by molar-refractivity contribution is 0.964. The highest BCUT2D eigenvalue weighted by Gasteiger charge is 2.14. The number of thiazole rings is 1. The Bertz CT molecular complexity index is 1620. The fourth-order valence-corrected chi connectivity index (χ4v) is 5.29. The predicted molar refractivity (Wildman–Crippen MR) is 130 cm³/mol. The molecule has 5 aromatic rings. The van der Waals surface area contributed by atoms with Crippen molar-refractivity contribution in [3.63, 3.8) is 0 Å². The van der Waals surface area contributed by atoms with Crippen LogP contribution in [0.5, 0.6) is 0 Å². The molecule has 0 bridgehead atoms. The summed E-state index contributed by atoms with van der Waals surface area (Å²) in [5, 5.41) is 1.03. The molecule has 0 spiro atoms. The Hall–Kier alpha value is -2.60. The molecule has 7 heteroatoms. The van der Waals surface area contributed by atoms with Crippen LogP contribution in [0, 0.1) is 27.7 Å². The summed E-state index contributed by atoms with van der Waals surface area (Å²) in [5.74, 6) is 0. The molecule has 4 nitrogen and oxygen atoms in total. The molecule has 0 atom stereocenters. The van der Waals surface area contributed by atoms with Gasteiger partial charge in [0.05, 0.1) is 25.6 Å². The van der Waals surface area contributed by atoms with Crippen molar-refractivity contribution >= 4 is 56.6 Å². The number of aromatic nitrogens is 3. The van der Waals surface area contributed by atoms with Gasteiger partial charge in [-0.3, -0.25) is 4.79 Å². The standard InChI is InChI=1S/C24H19Cl2N3OS/c1-12-7-20-21(8-13(12)2)29-23(30)22(31-24(29)27-20)10-16-9-14(3)28(15(16)4)17-5-6-18(25)19(26)11-17/h5-11H,1-4H3/b22-10+. The quantitative estimate of drug-likeness (QED) is 0.329. The van der Waals surface area contributed by atoms with Gasteiger partial charge in [0.25, 0.3) is 5.56 Å². The second kappa shape index (κ2) is 7.23. The van der Waals surface area contributed by atoms with Gasteiger partial charge in [0.1, 0.15) is 0 Å². The van der Waals surface area contributed by atoms with E-state index in [9.17, 15) is 4.79 Å². The van der Waals surface area contributed by atoms with E-state index in [1.165, 1.54) is 16.9 Å². The Morgan fingerprint density at radius 3 is 2.45 bits per heavy atom. The number of hydrogen-bond donors (Lipinski definition) is 0. The van der Waals surface area contributed by atoms with Gasteiger partial charge in [-0.1, -0.05) is 34.5 Å². The smallest absolute Gasteiger partial charge is 0.274 e. The number of halogens is 2. The van der Waals surface area contributed by atoms with Crippen molar-refractivity contribution in [2.75, 3.05) is 0 Å². The molecule has 0 N–H and O–H groups in total. The largest absolute Gasteiger partial charge is 0.318 e. The van der Waals surface area contributed by atoms with Crippen LogP contribution < -0.4 is 10.1 Å². The molecule has 0 aliphatic rings. The zero-order valence-electron chi connectivity index (χ0n) is 17.5. The second-order valence-corrected chi connectivity index (χ2v) is 9.65. The van der Waals surface area contributed by atoms with Gasteiger partial charge in [-0.15, -0.1) is 0 Å². The van der Waals surface area contributed by atoms with Gasteiger partial charge in [-0.2, -0.15) is 0 Å². The van der Waals surface area contributed by atoms with E-state index in [0.29, 0.717) is 14.6 Å². The van der Waals surface area contributed by atoms with E-state index in [1.807, 2.05) is 44.2 Å². The van der Waals surface area contributed by atoms with Crippen molar-refractivity contribution < 1.29 is 0 Å². The number of benzene rings is 2. The minimum atomic E-state index is -0.0370. The summed E-state index contributed by atoms with van der Waals surface area (Å²) in [4.78, 5) is 18.6. The number of rotatable bonds is 2. The highest BCUT2D eigenvalue weighted by atomic mass is 35.5. The van der Waals surface area contributed by atoms with Crippen LogP contribution in [0.4, 0.5) is 0 Å². The number of nitrogens with zero attached hydrogens (tertiary/aromatic N) is 3. The molecule has 5 rings (SSSR count). The molecular formula is C24H19Cl2N3OS. The topological polar surface area (TPSA) is 39.3 Å². The van der Waals surface area contributed by atoms with E-state index in [0.717, 1.165) is 44.2 Å². The van der Waals surface area contributed by atoms with Crippen LogP contribution in [0.1, 0.15) is 28.1 Å². The van der Waals surface area contributed by atoms with Crippen molar-refractivity contribution in [3.8, 4) is 5.69 Å². The zero-order chi connectivity index (χ0) is 22.0. The number of fused-ring (bicyclic) bond motifs is 3. The molecule has 31 heavy (non-hydrogen) atoms. The molecule has 3 heterocycles. The van der Waals surface area contributed by atoms with Gasteiger partial charge >= 0.3 is 0 Å². The number of imidazole rings is 1. The normalized spacial score (nSPS) is 12.5. The average molecular weight is 468 g/mol. The second-order valence-electron chi connectivity index (χ2n) is 7.83. The van der Waals surface area contributed by atoms with Gasteiger partial charge in [0.2, 0.25) is 0 Å². The summed E-state index contributed by atoms with van der Waals surface area (Å²) in [6, 6.07) is 11.7. The van der Waals surface area contributed by atoms with E-state index in [1.54, 1.807) is 10.5 Å². The van der Waals surface area contributed by atoms with Gasteiger partial charge < -0.3 is 4.57 Å². The van der Waals surface area contributed by atoms with Crippen LogP contribution in [0.3, 0.4) is 0 Å². The lowest BCUT2D eigenvalue weighted by atomic mass is 10.1. The first-order chi connectivity index (χ1) is 14.7. The Labute approximate surface area is 193 Å². The first kappa shape index (κ1) is 20.3. The van der Waals surface area contributed by atoms with Gasteiger partial charge in [-0.25, -0.2) is 9.38 Å². The molecule has 156 valence electrons. The van der Waals surface area contributed by atoms with Crippen molar-refractivity contribution in [2.45, 2.75) is 27.7 Å². The fraction of sp³-hybridized carbons (Fsp3) is 0.167. The van der Waals surface area contributed by atoms with Gasteiger partial charge in [0.15, 0.2) is 4.96 Å². The first-order valence-electron chi connectivity index (χ1n) is 9.83. The van der Waals surface area contributed by atoms with Crippen LogP contribution in [0.2, 0.25) is 10.0 Å². The Kier molecular flexibility index (Phi) is 4.74. The minimum Gasteiger partial charge on any atom is -0.318 e. The SMILES string of the molecule is Cc1cc2nc3s/c(=C/c4cc(C)n(-c5ccc(Cl)c(Cl)c5)c4C)c(=O)n3c2cc1C. The summed E-state index contributed by atoms with van der Waals surface area (Å²) >= 11 is 13.7. The third kappa shape index (κ3) is 3.19. The van der Waals surface area contributed by atoms with Crippen molar-refractivity contribution in [1.82, 2.24) is 14.0 Å². The van der Waals surface area contributed by atoms with Crippen LogP contribution in [0.25, 0.3) is 27.8 Å². The molecule has 0 saturated carbocycles. The highest BCUT2D eigenvalue weighted by Crippen LogP contribution is 2.28. The van der Waals surface area contributed by atoms with E-state index < -0.39 is 0 Å². The third-order valence-corrected chi connectivity index (χ3v) is 7.48. The summed E-state index contributed by atoms with van der Waals surface area (Å²) in [5.41, 5.74) is 8.00. The third-order valence-electron chi connectivity index (χ3n) is 5.77. The van der Waals surface area contributed by atoms with Crippen molar-refractivity contribution in [3.05, 3.63) is 89.4 Å². The molecular weight excluding hydrogens is 449 g/mol. The molecule has 0 aliphatic heterocycles. The van der Waals surface area contributed by atoms with E-state index in [4.69, 9.17) is 23.2 Å². The van der Waals surface area contributed by atoms with Crippen LogP contribution in [0.15, 0.2) is 41.2 Å². The molecule has 3 aromatic heterocycles. The fourth-order valence-electron chi connectivity index (χ4n) is 4.01. The Morgan fingerprint density at radius 2 is 1.71 bits per heavy atom. The van der Waals surface area contributed by atoms with E-state index in [2.05, 4.69) is 29.5 Å². The number of aryl methyl sites for hydroxylation is 3. The summed E-state index contributed by atoms with van der Waals surface area (Å²) in [6.07, 6.45) is 1.95. The number of hydrogen-bond acceptors (Lipinski definition) is 3. The lowest BCUT2D eigenvalue weighted by Gasteiger charge is -2.10. The van der Waals surface area contributed by atoms with Gasteiger partial charge in [-0.05, 0) is 86.9 Å². The van der Waals surface area contributed by atoms with Crippen LogP contribution in [-0.2, 0) is 0 Å². The molecule has 0 amide bonds. The van der Waals surface area contributed by atoms with E-state index in [-0.39, 0.29) is 5.56 Å². The Morgan fingerprint density at radius 1 is 0.968 bits per heavy atom. The molecule has 0 radical (unpaired) electrons. The summed E-state index contributed by atoms with van der Waals surface area (Å²) in [7, 11) is 0. The molecule has 0 fully saturated rings. The average Bonchev–Trinajstić information content (AvgIpc) is 3.30. The summed E-state index contributed by atoms with van der Waals surface area (Å²) < 4.78 is 4.49. The maximum atomic E-state index is 13.2. The van der Waals surface area contributed by atoms with Crippen molar-refractivity contribution in [2.24, 2.45) is 0 Å². The lowest BCUT2D eigenvalue weighted by Crippen LogP contribution is -2.22. The van der Waals surface area contributed by atoms with Gasteiger partial charge in [0, 0.05) is 17.1 Å². The van der Waals surface area contributed by atoms with Crippen LogP contribution >= 0.6 is 34.5 Å². The Balaban J connectivity index is 1.69. The monoisotopic (exact) mass is 467 g/mol. The first-order valence-corrected chi connectivity index (χ1v) is 11.4. The highest BCUT2D eigenvalue weighted by molar-refractivity contribution is 7.15. The minimum absolute atomic E-state index is 0.0370. The maximum Gasteiger partial charge on any atom is 0.274 e. The molecule has 0 saturated heterocycles. The van der Waals surface area contributed by atoms with Crippen LogP contribution in [-0.4, -0.2) is 14.0 Å². The predicted octanol–water partition coefficient (Wildman–Crippen LogP) is 5.79. The molecule has 0 unspecified atom stereocenters. The summed E-state index contributed by atoms with van der Waals surface area (Å²) in [6.45, 7) is 8.18. The zero-order valence-corrected chi connectivity index (χ0v) is 19.8. The molecule has 2 aromatic carbocycles. The maximum absolute atomic E-state index is 13.2.